The monoisotopic (exact) mass is 381 g/mol. The zero-order chi connectivity index (χ0) is 20.6. The number of pyridine rings is 1. The predicted molar refractivity (Wildman–Crippen MR) is 111 cm³/mol. The molecule has 28 heavy (non-hydrogen) atoms. The van der Waals surface area contributed by atoms with Gasteiger partial charge in [0.25, 0.3) is 11.5 Å². The molecule has 0 atom stereocenters. The fraction of sp³-hybridized carbons (Fsp3) is 0.238. The number of hydrogen-bond acceptors (Lipinski definition) is 5. The Bertz CT molecular complexity index is 1100. The molecule has 0 saturated carbocycles. The second-order valence-electron chi connectivity index (χ2n) is 6.79. The highest BCUT2D eigenvalue weighted by atomic mass is 16.5. The quantitative estimate of drug-likeness (QED) is 0.726. The number of nitrogens with one attached hydrogen (secondary N) is 1. The summed E-state index contributed by atoms with van der Waals surface area (Å²) in [4.78, 5) is 31.5. The van der Waals surface area contributed by atoms with Crippen molar-refractivity contribution in [3.05, 3.63) is 57.9 Å². The van der Waals surface area contributed by atoms with Crippen molar-refractivity contribution in [3.8, 4) is 11.5 Å². The van der Waals surface area contributed by atoms with Gasteiger partial charge in [-0.3, -0.25) is 9.59 Å². The fourth-order valence-corrected chi connectivity index (χ4v) is 3.32. The molecule has 1 amide bonds. The maximum atomic E-state index is 13.1. The van der Waals surface area contributed by atoms with Crippen LogP contribution < -0.4 is 20.1 Å². The number of amides is 1. The van der Waals surface area contributed by atoms with Crippen molar-refractivity contribution in [2.45, 2.75) is 6.92 Å². The van der Waals surface area contributed by atoms with Crippen LogP contribution in [-0.2, 0) is 0 Å². The average Bonchev–Trinajstić information content (AvgIpc) is 2.67. The Morgan fingerprint density at radius 1 is 1.07 bits per heavy atom. The highest BCUT2D eigenvalue weighted by Gasteiger charge is 2.25. The molecule has 0 unspecified atom stereocenters. The Balaban J connectivity index is 2.17. The van der Waals surface area contributed by atoms with Gasteiger partial charge in [-0.15, -0.1) is 0 Å². The van der Waals surface area contributed by atoms with Crippen LogP contribution in [0.25, 0.3) is 10.9 Å². The third-order valence-electron chi connectivity index (χ3n) is 4.75. The van der Waals surface area contributed by atoms with E-state index < -0.39 is 11.5 Å². The normalized spacial score (nSPS) is 10.8. The van der Waals surface area contributed by atoms with Crippen molar-refractivity contribution in [1.29, 1.82) is 0 Å². The molecule has 146 valence electrons. The number of aromatic amines is 1. The van der Waals surface area contributed by atoms with Gasteiger partial charge in [-0.2, -0.15) is 0 Å². The maximum Gasteiger partial charge on any atom is 0.267 e. The first-order valence-corrected chi connectivity index (χ1v) is 8.74. The number of benzene rings is 2. The molecule has 0 aliphatic heterocycles. The summed E-state index contributed by atoms with van der Waals surface area (Å²) in [5, 5.41) is 11.4. The van der Waals surface area contributed by atoms with Crippen LogP contribution in [0.4, 0.5) is 11.4 Å². The largest absolute Gasteiger partial charge is 0.506 e. The summed E-state index contributed by atoms with van der Waals surface area (Å²) < 4.78 is 5.12. The summed E-state index contributed by atoms with van der Waals surface area (Å²) in [7, 11) is 6.80. The molecule has 7 nitrogen and oxygen atoms in total. The Hall–Kier alpha value is -3.48. The highest BCUT2D eigenvalue weighted by molar-refractivity contribution is 6.12. The zero-order valence-electron chi connectivity index (χ0n) is 16.5. The number of aromatic nitrogens is 1. The summed E-state index contributed by atoms with van der Waals surface area (Å²) in [6, 6.07) is 10.4. The molecule has 0 radical (unpaired) electrons. The third kappa shape index (κ3) is 3.15. The Morgan fingerprint density at radius 3 is 2.29 bits per heavy atom. The second kappa shape index (κ2) is 7.26. The smallest absolute Gasteiger partial charge is 0.267 e. The molecule has 3 aromatic rings. The van der Waals surface area contributed by atoms with Crippen LogP contribution in [0.15, 0.2) is 41.2 Å². The number of carbonyl (C=O) groups is 1. The molecule has 0 saturated heterocycles. The van der Waals surface area contributed by atoms with Gasteiger partial charge in [-0.05, 0) is 42.8 Å². The van der Waals surface area contributed by atoms with Gasteiger partial charge in [0.1, 0.15) is 17.1 Å². The van der Waals surface area contributed by atoms with Gasteiger partial charge in [0.05, 0.1) is 23.7 Å². The molecule has 1 aromatic heterocycles. The van der Waals surface area contributed by atoms with Crippen LogP contribution in [0.1, 0.15) is 15.9 Å². The van der Waals surface area contributed by atoms with Gasteiger partial charge in [0.2, 0.25) is 0 Å². The van der Waals surface area contributed by atoms with Crippen molar-refractivity contribution in [1.82, 2.24) is 4.98 Å². The molecule has 0 spiro atoms. The molecular formula is C21H23N3O4. The Labute approximate surface area is 162 Å². The highest BCUT2D eigenvalue weighted by Crippen LogP contribution is 2.36. The van der Waals surface area contributed by atoms with Crippen molar-refractivity contribution in [2.24, 2.45) is 0 Å². The standard InChI is InChI=1S/C21H23N3O4/c1-12-6-11-15-16(18(12)23(2)3)19(25)17(20(26)22-15)21(27)24(4)13-7-9-14(28-5)10-8-13/h6-11H,1-5H3,(H2,22,25,26). The van der Waals surface area contributed by atoms with Crippen LogP contribution in [0, 0.1) is 6.92 Å². The van der Waals surface area contributed by atoms with Crippen LogP contribution in [-0.4, -0.2) is 44.3 Å². The molecule has 1 heterocycles. The van der Waals surface area contributed by atoms with E-state index in [9.17, 15) is 14.7 Å². The number of fused-ring (bicyclic) bond motifs is 1. The number of ether oxygens (including phenoxy) is 1. The van der Waals surface area contributed by atoms with E-state index in [1.165, 1.54) is 4.90 Å². The van der Waals surface area contributed by atoms with Gasteiger partial charge in [-0.1, -0.05) is 6.07 Å². The molecule has 0 aliphatic rings. The first kappa shape index (κ1) is 19.3. The van der Waals surface area contributed by atoms with Gasteiger partial charge in [0.15, 0.2) is 0 Å². The van der Waals surface area contributed by atoms with E-state index in [1.807, 2.05) is 32.0 Å². The summed E-state index contributed by atoms with van der Waals surface area (Å²) in [6.45, 7) is 1.91. The predicted octanol–water partition coefficient (Wildman–Crippen LogP) is 2.89. The van der Waals surface area contributed by atoms with E-state index in [2.05, 4.69) is 4.98 Å². The van der Waals surface area contributed by atoms with Crippen LogP contribution in [0.2, 0.25) is 0 Å². The maximum absolute atomic E-state index is 13.1. The molecule has 0 fully saturated rings. The van der Waals surface area contributed by atoms with Crippen molar-refractivity contribution >= 4 is 28.2 Å². The average molecular weight is 381 g/mol. The van der Waals surface area contributed by atoms with Crippen LogP contribution >= 0.6 is 0 Å². The van der Waals surface area contributed by atoms with Gasteiger partial charge >= 0.3 is 0 Å². The second-order valence-corrected chi connectivity index (χ2v) is 6.79. The van der Waals surface area contributed by atoms with E-state index in [1.54, 1.807) is 44.5 Å². The third-order valence-corrected chi connectivity index (χ3v) is 4.75. The van der Waals surface area contributed by atoms with E-state index in [0.29, 0.717) is 22.3 Å². The molecular weight excluding hydrogens is 358 g/mol. The molecule has 7 heteroatoms. The number of hydrogen-bond donors (Lipinski definition) is 2. The summed E-state index contributed by atoms with van der Waals surface area (Å²) in [5.41, 5.74) is 1.78. The number of aryl methyl sites for hydroxylation is 1. The SMILES string of the molecule is COc1ccc(N(C)C(=O)c2c(O)c3c(N(C)C)c(C)ccc3[nH]c2=O)cc1. The number of carbonyl (C=O) groups excluding carboxylic acids is 1. The molecule has 0 aliphatic carbocycles. The van der Waals surface area contributed by atoms with Crippen molar-refractivity contribution in [3.63, 3.8) is 0 Å². The number of H-pyrrole nitrogens is 1. The topological polar surface area (TPSA) is 85.9 Å². The number of rotatable bonds is 4. The van der Waals surface area contributed by atoms with Crippen molar-refractivity contribution < 1.29 is 14.6 Å². The van der Waals surface area contributed by atoms with Gasteiger partial charge < -0.3 is 24.6 Å². The first-order chi connectivity index (χ1) is 13.3. The number of methoxy groups -OCH3 is 1. The Morgan fingerprint density at radius 2 is 1.71 bits per heavy atom. The van der Waals surface area contributed by atoms with Crippen LogP contribution in [0.5, 0.6) is 11.5 Å². The van der Waals surface area contributed by atoms with Gasteiger partial charge in [-0.25, -0.2) is 0 Å². The van der Waals surface area contributed by atoms with E-state index in [4.69, 9.17) is 4.74 Å². The minimum atomic E-state index is -0.635. The zero-order valence-corrected chi connectivity index (χ0v) is 16.5. The Kier molecular flexibility index (Phi) is 5.00. The van der Waals surface area contributed by atoms with Crippen LogP contribution in [0.3, 0.4) is 0 Å². The van der Waals surface area contributed by atoms with Crippen molar-refractivity contribution in [2.75, 3.05) is 38.1 Å². The lowest BCUT2D eigenvalue weighted by atomic mass is 10.0. The lowest BCUT2D eigenvalue weighted by Gasteiger charge is -2.21. The van der Waals surface area contributed by atoms with E-state index in [0.717, 1.165) is 11.3 Å². The molecule has 3 rings (SSSR count). The minimum absolute atomic E-state index is 0.292. The summed E-state index contributed by atoms with van der Waals surface area (Å²) in [5.74, 6) is -0.268. The summed E-state index contributed by atoms with van der Waals surface area (Å²) >= 11 is 0. The summed E-state index contributed by atoms with van der Waals surface area (Å²) in [6.07, 6.45) is 0. The van der Waals surface area contributed by atoms with E-state index in [-0.39, 0.29) is 11.3 Å². The molecule has 2 aromatic carbocycles. The van der Waals surface area contributed by atoms with E-state index >= 15 is 0 Å². The first-order valence-electron chi connectivity index (χ1n) is 8.74. The number of nitrogens with zero attached hydrogens (tertiary/aromatic N) is 2. The minimum Gasteiger partial charge on any atom is -0.506 e. The lowest BCUT2D eigenvalue weighted by Crippen LogP contribution is -2.32. The number of aromatic hydroxyl groups is 1. The molecule has 2 N–H and O–H groups in total. The van der Waals surface area contributed by atoms with Gasteiger partial charge in [0, 0.05) is 26.8 Å². The number of anilines is 2. The lowest BCUT2D eigenvalue weighted by molar-refractivity contribution is 0.0989. The molecule has 0 bridgehead atoms. The fourth-order valence-electron chi connectivity index (χ4n) is 3.32.